The second-order valence-electron chi connectivity index (χ2n) is 3.56. The zero-order valence-electron chi connectivity index (χ0n) is 7.05. The van der Waals surface area contributed by atoms with Crippen LogP contribution in [0.2, 0.25) is 0 Å². The molecule has 1 spiro atoms. The lowest BCUT2D eigenvalue weighted by Gasteiger charge is -2.35. The summed E-state index contributed by atoms with van der Waals surface area (Å²) in [7, 11) is 0. The van der Waals surface area contributed by atoms with Gasteiger partial charge >= 0.3 is 0 Å². The zero-order chi connectivity index (χ0) is 8.89. The van der Waals surface area contributed by atoms with E-state index in [-0.39, 0.29) is 5.79 Å². The van der Waals surface area contributed by atoms with Crippen molar-refractivity contribution in [3.05, 3.63) is 22.7 Å². The maximum atomic E-state index is 5.76. The van der Waals surface area contributed by atoms with Crippen LogP contribution in [0, 0.1) is 0 Å². The summed E-state index contributed by atoms with van der Waals surface area (Å²) in [5.74, 6) is 1.44. The van der Waals surface area contributed by atoms with E-state index in [1.54, 1.807) is 0 Å². The van der Waals surface area contributed by atoms with Crippen LogP contribution in [0.5, 0.6) is 11.5 Å². The predicted octanol–water partition coefficient (Wildman–Crippen LogP) is 3.10. The maximum Gasteiger partial charge on any atom is 0.251 e. The first-order valence-electron chi connectivity index (χ1n) is 4.45. The van der Waals surface area contributed by atoms with E-state index in [4.69, 9.17) is 9.47 Å². The molecular formula is C10H9BrO2. The standard InChI is InChI=1S/C10H9BrO2/c11-7-2-3-8-9(6-7)13-10(12-8)4-1-5-10/h2-3,6H,1,4-5H2. The highest BCUT2D eigenvalue weighted by Crippen LogP contribution is 2.48. The highest BCUT2D eigenvalue weighted by Gasteiger charge is 2.46. The Bertz CT molecular complexity index is 358. The SMILES string of the molecule is Brc1ccc2c(c1)OC1(CCC1)O2. The molecule has 3 rings (SSSR count). The normalized spacial score (nSPS) is 21.6. The Labute approximate surface area is 85.0 Å². The van der Waals surface area contributed by atoms with Gasteiger partial charge in [0.15, 0.2) is 11.5 Å². The minimum atomic E-state index is -0.302. The van der Waals surface area contributed by atoms with Gasteiger partial charge in [-0.15, -0.1) is 0 Å². The highest BCUT2D eigenvalue weighted by molar-refractivity contribution is 9.10. The summed E-state index contributed by atoms with van der Waals surface area (Å²) in [5, 5.41) is 0. The second kappa shape index (κ2) is 2.41. The molecule has 1 saturated carbocycles. The number of rotatable bonds is 0. The third-order valence-corrected chi connectivity index (χ3v) is 3.11. The van der Waals surface area contributed by atoms with E-state index in [2.05, 4.69) is 15.9 Å². The molecule has 1 heterocycles. The lowest BCUT2D eigenvalue weighted by Crippen LogP contribution is -2.45. The van der Waals surface area contributed by atoms with Gasteiger partial charge in [-0.2, -0.15) is 0 Å². The van der Waals surface area contributed by atoms with E-state index < -0.39 is 0 Å². The fraction of sp³-hybridized carbons (Fsp3) is 0.400. The molecule has 0 aromatic heterocycles. The van der Waals surface area contributed by atoms with Crippen molar-refractivity contribution in [2.24, 2.45) is 0 Å². The van der Waals surface area contributed by atoms with Gasteiger partial charge in [0, 0.05) is 17.3 Å². The molecule has 2 nitrogen and oxygen atoms in total. The van der Waals surface area contributed by atoms with Gasteiger partial charge in [0.1, 0.15) is 0 Å². The zero-order valence-corrected chi connectivity index (χ0v) is 8.63. The number of hydrogen-bond donors (Lipinski definition) is 0. The first-order chi connectivity index (χ1) is 6.27. The van der Waals surface area contributed by atoms with Crippen LogP contribution in [-0.4, -0.2) is 5.79 Å². The summed E-state index contributed by atoms with van der Waals surface area (Å²) < 4.78 is 12.5. The molecule has 0 unspecified atom stereocenters. The summed E-state index contributed by atoms with van der Waals surface area (Å²) in [6.45, 7) is 0. The first kappa shape index (κ1) is 7.68. The molecule has 0 radical (unpaired) electrons. The number of benzene rings is 1. The third kappa shape index (κ3) is 1.06. The Kier molecular flexibility index (Phi) is 1.42. The van der Waals surface area contributed by atoms with Crippen molar-refractivity contribution in [1.29, 1.82) is 0 Å². The largest absolute Gasteiger partial charge is 0.448 e. The van der Waals surface area contributed by atoms with Crippen molar-refractivity contribution in [1.82, 2.24) is 0 Å². The van der Waals surface area contributed by atoms with Gasteiger partial charge < -0.3 is 9.47 Å². The molecule has 0 saturated heterocycles. The van der Waals surface area contributed by atoms with Gasteiger partial charge in [-0.05, 0) is 24.6 Å². The summed E-state index contributed by atoms with van der Waals surface area (Å²) >= 11 is 3.41. The van der Waals surface area contributed by atoms with E-state index in [9.17, 15) is 0 Å². The minimum absolute atomic E-state index is 0.302. The van der Waals surface area contributed by atoms with Crippen LogP contribution in [-0.2, 0) is 0 Å². The summed E-state index contributed by atoms with van der Waals surface area (Å²) in [4.78, 5) is 0. The van der Waals surface area contributed by atoms with Crippen LogP contribution >= 0.6 is 15.9 Å². The Balaban J connectivity index is 1.99. The molecule has 1 aromatic carbocycles. The number of ether oxygens (including phenoxy) is 2. The predicted molar refractivity (Wildman–Crippen MR) is 52.0 cm³/mol. The monoisotopic (exact) mass is 240 g/mol. The molecule has 68 valence electrons. The van der Waals surface area contributed by atoms with E-state index in [1.165, 1.54) is 6.42 Å². The van der Waals surface area contributed by atoms with Gasteiger partial charge in [0.05, 0.1) is 0 Å². The molecule has 1 aliphatic carbocycles. The Morgan fingerprint density at radius 2 is 1.92 bits per heavy atom. The summed E-state index contributed by atoms with van der Waals surface area (Å²) in [6, 6.07) is 5.88. The lowest BCUT2D eigenvalue weighted by molar-refractivity contribution is -0.138. The third-order valence-electron chi connectivity index (χ3n) is 2.61. The molecule has 0 N–H and O–H groups in total. The van der Waals surface area contributed by atoms with Crippen molar-refractivity contribution in [2.75, 3.05) is 0 Å². The van der Waals surface area contributed by atoms with Gasteiger partial charge in [0.2, 0.25) is 0 Å². The quantitative estimate of drug-likeness (QED) is 0.694. The number of halogens is 1. The van der Waals surface area contributed by atoms with Crippen molar-refractivity contribution in [3.8, 4) is 11.5 Å². The van der Waals surface area contributed by atoms with Crippen LogP contribution in [0.25, 0.3) is 0 Å². The van der Waals surface area contributed by atoms with Gasteiger partial charge in [-0.25, -0.2) is 0 Å². The van der Waals surface area contributed by atoms with Gasteiger partial charge in [-0.3, -0.25) is 0 Å². The summed E-state index contributed by atoms with van der Waals surface area (Å²) in [5.41, 5.74) is 0. The average molecular weight is 241 g/mol. The summed E-state index contributed by atoms with van der Waals surface area (Å²) in [6.07, 6.45) is 3.23. The van der Waals surface area contributed by atoms with Crippen LogP contribution < -0.4 is 9.47 Å². The molecule has 0 amide bonds. The van der Waals surface area contributed by atoms with Crippen molar-refractivity contribution < 1.29 is 9.47 Å². The fourth-order valence-electron chi connectivity index (χ4n) is 1.74. The molecule has 1 aliphatic heterocycles. The van der Waals surface area contributed by atoms with Crippen LogP contribution in [0.15, 0.2) is 22.7 Å². The Hall–Kier alpha value is -0.700. The molecule has 1 fully saturated rings. The Morgan fingerprint density at radius 3 is 2.62 bits per heavy atom. The van der Waals surface area contributed by atoms with Crippen LogP contribution in [0.3, 0.4) is 0 Å². The topological polar surface area (TPSA) is 18.5 Å². The smallest absolute Gasteiger partial charge is 0.251 e. The van der Waals surface area contributed by atoms with E-state index in [1.807, 2.05) is 18.2 Å². The lowest BCUT2D eigenvalue weighted by atomic mass is 9.91. The van der Waals surface area contributed by atoms with E-state index in [0.717, 1.165) is 28.8 Å². The van der Waals surface area contributed by atoms with Crippen molar-refractivity contribution in [3.63, 3.8) is 0 Å². The Morgan fingerprint density at radius 1 is 1.15 bits per heavy atom. The van der Waals surface area contributed by atoms with Crippen LogP contribution in [0.4, 0.5) is 0 Å². The van der Waals surface area contributed by atoms with Gasteiger partial charge in [0.25, 0.3) is 5.79 Å². The molecule has 3 heteroatoms. The van der Waals surface area contributed by atoms with Crippen LogP contribution in [0.1, 0.15) is 19.3 Å². The molecule has 1 aromatic rings. The molecule has 2 aliphatic rings. The highest BCUT2D eigenvalue weighted by atomic mass is 79.9. The van der Waals surface area contributed by atoms with Crippen molar-refractivity contribution in [2.45, 2.75) is 25.0 Å². The molecule has 0 atom stereocenters. The molecular weight excluding hydrogens is 232 g/mol. The first-order valence-corrected chi connectivity index (χ1v) is 5.24. The number of hydrogen-bond acceptors (Lipinski definition) is 2. The van der Waals surface area contributed by atoms with Gasteiger partial charge in [-0.1, -0.05) is 15.9 Å². The average Bonchev–Trinajstić information content (AvgIpc) is 2.41. The fourth-order valence-corrected chi connectivity index (χ4v) is 2.08. The number of fused-ring (bicyclic) bond motifs is 1. The molecule has 13 heavy (non-hydrogen) atoms. The minimum Gasteiger partial charge on any atom is -0.448 e. The van der Waals surface area contributed by atoms with E-state index in [0.29, 0.717) is 0 Å². The second-order valence-corrected chi connectivity index (χ2v) is 4.48. The van der Waals surface area contributed by atoms with E-state index >= 15 is 0 Å². The van der Waals surface area contributed by atoms with Crippen molar-refractivity contribution >= 4 is 15.9 Å². The maximum absolute atomic E-state index is 5.76. The molecule has 0 bridgehead atoms.